The molecular weight excluding hydrogens is 521 g/mol. The van der Waals surface area contributed by atoms with Crippen molar-refractivity contribution in [3.05, 3.63) is 59.7 Å². The third kappa shape index (κ3) is 9.37. The number of para-hydroxylation sites is 1. The molecule has 1 amide bonds. The van der Waals surface area contributed by atoms with Crippen LogP contribution in [0.1, 0.15) is 11.1 Å². The number of likely N-dealkylation sites (N-methyl/N-ethyl adjacent to an activating group) is 1. The fraction of sp³-hybridized carbons (Fsp3) is 0.333. The summed E-state index contributed by atoms with van der Waals surface area (Å²) in [4.78, 5) is 17.2. The van der Waals surface area contributed by atoms with Crippen LogP contribution in [0.3, 0.4) is 0 Å². The van der Waals surface area contributed by atoms with Crippen molar-refractivity contribution in [2.45, 2.75) is 19.7 Å². The van der Waals surface area contributed by atoms with E-state index in [1.54, 1.807) is 45.4 Å². The van der Waals surface area contributed by atoms with Gasteiger partial charge in [-0.05, 0) is 23.8 Å². The summed E-state index contributed by atoms with van der Waals surface area (Å²) in [6.07, 6.45) is 0. The zero-order chi connectivity index (χ0) is 21.9. The molecule has 0 aliphatic carbocycles. The minimum absolute atomic E-state index is 0. The van der Waals surface area contributed by atoms with Crippen LogP contribution < -0.4 is 20.1 Å². The predicted octanol–water partition coefficient (Wildman–Crippen LogP) is 3.24. The molecule has 0 bridgehead atoms. The normalized spacial score (nSPS) is 10.8. The molecule has 170 valence electrons. The molecule has 0 unspecified atom stereocenters. The topological polar surface area (TPSA) is 75.2 Å². The van der Waals surface area contributed by atoms with Crippen molar-refractivity contribution in [2.75, 3.05) is 27.7 Å². The van der Waals surface area contributed by atoms with Crippen LogP contribution in [0.15, 0.2) is 53.5 Å². The molecule has 2 N–H and O–H groups in total. The number of halogens is 3. The van der Waals surface area contributed by atoms with Crippen molar-refractivity contribution in [1.82, 2.24) is 15.5 Å². The summed E-state index contributed by atoms with van der Waals surface area (Å²) in [6, 6.07) is 13.9. The third-order valence-electron chi connectivity index (χ3n) is 4.08. The maximum absolute atomic E-state index is 12.5. The number of alkyl halides is 2. The van der Waals surface area contributed by atoms with E-state index in [2.05, 4.69) is 20.4 Å². The van der Waals surface area contributed by atoms with Crippen molar-refractivity contribution in [3.8, 4) is 11.5 Å². The van der Waals surface area contributed by atoms with E-state index in [0.717, 1.165) is 5.56 Å². The van der Waals surface area contributed by atoms with Crippen LogP contribution >= 0.6 is 24.0 Å². The van der Waals surface area contributed by atoms with Crippen molar-refractivity contribution < 1.29 is 23.0 Å². The van der Waals surface area contributed by atoms with Crippen LogP contribution in [-0.4, -0.2) is 51.1 Å². The standard InChI is InChI=1S/C21H26F2N4O3.HI/c1-24-21(26-13-16-8-4-5-10-18(16)30-20(22)23)25-12-15-7-6-9-17(11-15)29-14-19(28)27(2)3;/h4-11,20H,12-14H2,1-3H3,(H2,24,25,26);1H. The number of rotatable bonds is 9. The smallest absolute Gasteiger partial charge is 0.387 e. The van der Waals surface area contributed by atoms with E-state index in [4.69, 9.17) is 4.74 Å². The van der Waals surface area contributed by atoms with E-state index in [1.807, 2.05) is 18.2 Å². The van der Waals surface area contributed by atoms with Crippen LogP contribution in [0.25, 0.3) is 0 Å². The second-order valence-electron chi connectivity index (χ2n) is 6.49. The number of hydrogen-bond acceptors (Lipinski definition) is 4. The molecule has 2 rings (SSSR count). The molecule has 2 aromatic carbocycles. The van der Waals surface area contributed by atoms with E-state index < -0.39 is 6.61 Å². The average molecular weight is 548 g/mol. The Hall–Kier alpha value is -2.63. The van der Waals surface area contributed by atoms with Gasteiger partial charge in [0, 0.05) is 39.8 Å². The van der Waals surface area contributed by atoms with Gasteiger partial charge < -0.3 is 25.0 Å². The lowest BCUT2D eigenvalue weighted by atomic mass is 10.2. The Kier molecular flexibility index (Phi) is 11.6. The van der Waals surface area contributed by atoms with Gasteiger partial charge in [0.15, 0.2) is 12.6 Å². The highest BCUT2D eigenvalue weighted by molar-refractivity contribution is 14.0. The molecule has 0 saturated carbocycles. The van der Waals surface area contributed by atoms with Crippen LogP contribution in [0, 0.1) is 0 Å². The zero-order valence-electron chi connectivity index (χ0n) is 17.6. The van der Waals surface area contributed by atoms with Crippen molar-refractivity contribution >= 4 is 35.8 Å². The molecule has 2 aromatic rings. The largest absolute Gasteiger partial charge is 0.484 e. The summed E-state index contributed by atoms with van der Waals surface area (Å²) >= 11 is 0. The quantitative estimate of drug-likeness (QED) is 0.286. The summed E-state index contributed by atoms with van der Waals surface area (Å²) in [5, 5.41) is 6.22. The molecule has 0 fully saturated rings. The van der Waals surface area contributed by atoms with Gasteiger partial charge in [-0.15, -0.1) is 24.0 Å². The van der Waals surface area contributed by atoms with Gasteiger partial charge in [-0.1, -0.05) is 30.3 Å². The van der Waals surface area contributed by atoms with Gasteiger partial charge in [0.25, 0.3) is 5.91 Å². The molecule has 0 heterocycles. The molecule has 0 aliphatic rings. The number of aliphatic imine (C=N–C) groups is 1. The fourth-order valence-electron chi connectivity index (χ4n) is 2.47. The summed E-state index contributed by atoms with van der Waals surface area (Å²) in [5.74, 6) is 1.08. The minimum Gasteiger partial charge on any atom is -0.484 e. The molecule has 0 aliphatic heterocycles. The number of nitrogens with zero attached hydrogens (tertiary/aromatic N) is 2. The van der Waals surface area contributed by atoms with Gasteiger partial charge in [-0.2, -0.15) is 8.78 Å². The van der Waals surface area contributed by atoms with E-state index in [0.29, 0.717) is 23.8 Å². The zero-order valence-corrected chi connectivity index (χ0v) is 19.9. The first kappa shape index (κ1) is 26.4. The Morgan fingerprint density at radius 3 is 2.48 bits per heavy atom. The Balaban J connectivity index is 0.00000480. The van der Waals surface area contributed by atoms with Crippen LogP contribution in [0.5, 0.6) is 11.5 Å². The number of ether oxygens (including phenoxy) is 2. The Bertz CT molecular complexity index is 866. The molecule has 0 radical (unpaired) electrons. The monoisotopic (exact) mass is 548 g/mol. The van der Waals surface area contributed by atoms with Gasteiger partial charge in [0.2, 0.25) is 0 Å². The van der Waals surface area contributed by atoms with Crippen molar-refractivity contribution in [3.63, 3.8) is 0 Å². The number of benzene rings is 2. The first-order valence-corrected chi connectivity index (χ1v) is 9.28. The minimum atomic E-state index is -2.88. The lowest BCUT2D eigenvalue weighted by Gasteiger charge is -2.15. The third-order valence-corrected chi connectivity index (χ3v) is 4.08. The van der Waals surface area contributed by atoms with E-state index >= 15 is 0 Å². The molecule has 7 nitrogen and oxygen atoms in total. The molecule has 31 heavy (non-hydrogen) atoms. The van der Waals surface area contributed by atoms with Gasteiger partial charge in [0.05, 0.1) is 0 Å². The molecule has 10 heteroatoms. The number of hydrogen-bond donors (Lipinski definition) is 2. The molecule has 0 aromatic heterocycles. The Labute approximate surface area is 197 Å². The molecular formula is C21H27F2IN4O3. The number of amides is 1. The number of guanidine groups is 1. The van der Waals surface area contributed by atoms with Crippen LogP contribution in [-0.2, 0) is 17.9 Å². The average Bonchev–Trinajstić information content (AvgIpc) is 2.73. The maximum Gasteiger partial charge on any atom is 0.387 e. The lowest BCUT2D eigenvalue weighted by molar-refractivity contribution is -0.130. The van der Waals surface area contributed by atoms with E-state index in [1.165, 1.54) is 11.0 Å². The van der Waals surface area contributed by atoms with Gasteiger partial charge in [0.1, 0.15) is 11.5 Å². The van der Waals surface area contributed by atoms with Gasteiger partial charge >= 0.3 is 6.61 Å². The summed E-state index contributed by atoms with van der Waals surface area (Å²) in [6.45, 7) is -2.20. The second-order valence-corrected chi connectivity index (χ2v) is 6.49. The van der Waals surface area contributed by atoms with Gasteiger partial charge in [-0.3, -0.25) is 9.79 Å². The number of nitrogens with one attached hydrogen (secondary N) is 2. The summed E-state index contributed by atoms with van der Waals surface area (Å²) in [7, 11) is 4.95. The first-order valence-electron chi connectivity index (χ1n) is 9.28. The maximum atomic E-state index is 12.5. The second kappa shape index (κ2) is 13.6. The molecule has 0 atom stereocenters. The van der Waals surface area contributed by atoms with E-state index in [-0.39, 0.29) is 48.8 Å². The van der Waals surface area contributed by atoms with Crippen LogP contribution in [0.2, 0.25) is 0 Å². The lowest BCUT2D eigenvalue weighted by Crippen LogP contribution is -2.36. The van der Waals surface area contributed by atoms with Gasteiger partial charge in [-0.25, -0.2) is 0 Å². The highest BCUT2D eigenvalue weighted by Gasteiger charge is 2.10. The predicted molar refractivity (Wildman–Crippen MR) is 126 cm³/mol. The van der Waals surface area contributed by atoms with E-state index in [9.17, 15) is 13.6 Å². The Morgan fingerprint density at radius 1 is 1.10 bits per heavy atom. The summed E-state index contributed by atoms with van der Waals surface area (Å²) in [5.41, 5.74) is 1.51. The first-order chi connectivity index (χ1) is 14.4. The Morgan fingerprint density at radius 2 is 1.81 bits per heavy atom. The SMILES string of the molecule is CN=C(NCc1cccc(OCC(=O)N(C)C)c1)NCc1ccccc1OC(F)F.I. The highest BCUT2D eigenvalue weighted by Crippen LogP contribution is 2.20. The highest BCUT2D eigenvalue weighted by atomic mass is 127. The number of carbonyl (C=O) groups is 1. The van der Waals surface area contributed by atoms with Crippen LogP contribution in [0.4, 0.5) is 8.78 Å². The fourth-order valence-corrected chi connectivity index (χ4v) is 2.47. The van der Waals surface area contributed by atoms with Crippen molar-refractivity contribution in [2.24, 2.45) is 4.99 Å². The number of carbonyl (C=O) groups excluding carboxylic acids is 1. The molecule has 0 spiro atoms. The molecule has 0 saturated heterocycles. The summed E-state index contributed by atoms with van der Waals surface area (Å²) < 4.78 is 35.1. The van der Waals surface area contributed by atoms with Crippen molar-refractivity contribution in [1.29, 1.82) is 0 Å².